The van der Waals surface area contributed by atoms with Crippen LogP contribution in [0.2, 0.25) is 0 Å². The highest BCUT2D eigenvalue weighted by Crippen LogP contribution is 2.31. The molecule has 2 aromatic heterocycles. The van der Waals surface area contributed by atoms with Crippen molar-refractivity contribution in [3.05, 3.63) is 71.0 Å². The lowest BCUT2D eigenvalue weighted by atomic mass is 9.93. The molecule has 3 N–H and O–H groups in total. The first-order valence-corrected chi connectivity index (χ1v) is 11.6. The molecule has 0 unspecified atom stereocenters. The van der Waals surface area contributed by atoms with Crippen LogP contribution < -0.4 is 5.32 Å². The monoisotopic (exact) mass is 491 g/mol. The maximum atomic E-state index is 12.6. The first-order valence-electron chi connectivity index (χ1n) is 11.6. The molecular formula is C27H30ClN5O2. The molecule has 0 aliphatic carbocycles. The standard InChI is InChI=1S/C27H29N5O2.ClH/c1-16-10-21(11-20-8-9-28-12-22(16)20)24-14-30-26-25(31-24)23(13-29-26)18-4-6-19(7-5-18)27(34)32(3)15-17(2)33;/h4-7,10-11,13-14,17,28,33H,8-9,12,15H2,1-3H3,(H,29,30);1H/t17-;/m0./s1. The van der Waals surface area contributed by atoms with Gasteiger partial charge in [-0.2, -0.15) is 0 Å². The molecule has 0 radical (unpaired) electrons. The van der Waals surface area contributed by atoms with E-state index >= 15 is 0 Å². The number of carbonyl (C=O) groups is 1. The Bertz CT molecular complexity index is 1360. The van der Waals surface area contributed by atoms with Gasteiger partial charge < -0.3 is 20.3 Å². The Morgan fingerprint density at radius 2 is 1.97 bits per heavy atom. The first-order chi connectivity index (χ1) is 16.4. The predicted molar refractivity (Wildman–Crippen MR) is 141 cm³/mol. The number of aromatic amines is 1. The summed E-state index contributed by atoms with van der Waals surface area (Å²) in [5.41, 5.74) is 10.0. The number of aliphatic hydroxyl groups excluding tert-OH is 1. The molecule has 3 heterocycles. The van der Waals surface area contributed by atoms with Crippen molar-refractivity contribution in [2.45, 2.75) is 32.9 Å². The lowest BCUT2D eigenvalue weighted by molar-refractivity contribution is 0.0703. The summed E-state index contributed by atoms with van der Waals surface area (Å²) in [6.07, 6.45) is 4.19. The van der Waals surface area contributed by atoms with Gasteiger partial charge in [-0.15, -0.1) is 12.4 Å². The van der Waals surface area contributed by atoms with Crippen LogP contribution in [0, 0.1) is 6.92 Å². The van der Waals surface area contributed by atoms with Gasteiger partial charge in [-0.1, -0.05) is 12.1 Å². The van der Waals surface area contributed by atoms with Gasteiger partial charge in [0.15, 0.2) is 5.65 Å². The molecule has 1 aliphatic rings. The normalized spacial score (nSPS) is 13.7. The predicted octanol–water partition coefficient (Wildman–Crippen LogP) is 4.12. The second kappa shape index (κ2) is 10.2. The van der Waals surface area contributed by atoms with Crippen molar-refractivity contribution in [1.82, 2.24) is 25.2 Å². The minimum atomic E-state index is -0.567. The van der Waals surface area contributed by atoms with Crippen LogP contribution >= 0.6 is 12.4 Å². The smallest absolute Gasteiger partial charge is 0.253 e. The number of halogens is 1. The molecule has 5 rings (SSSR count). The van der Waals surface area contributed by atoms with Gasteiger partial charge >= 0.3 is 0 Å². The van der Waals surface area contributed by atoms with Crippen molar-refractivity contribution in [3.8, 4) is 22.4 Å². The van der Waals surface area contributed by atoms with E-state index in [9.17, 15) is 9.90 Å². The number of amides is 1. The van der Waals surface area contributed by atoms with Crippen LogP contribution in [-0.4, -0.2) is 57.1 Å². The van der Waals surface area contributed by atoms with E-state index in [1.807, 2.05) is 36.7 Å². The molecule has 35 heavy (non-hydrogen) atoms. The maximum absolute atomic E-state index is 12.6. The number of nitrogens with zero attached hydrogens (tertiary/aromatic N) is 3. The summed E-state index contributed by atoms with van der Waals surface area (Å²) in [4.78, 5) is 27.0. The van der Waals surface area contributed by atoms with Crippen LogP contribution in [0.1, 0.15) is 34.0 Å². The number of H-pyrrole nitrogens is 1. The number of rotatable bonds is 5. The molecule has 182 valence electrons. The molecular weight excluding hydrogens is 462 g/mol. The van der Waals surface area contributed by atoms with Gasteiger partial charge in [0.05, 0.1) is 18.0 Å². The fourth-order valence-corrected chi connectivity index (χ4v) is 4.69. The quantitative estimate of drug-likeness (QED) is 0.390. The molecule has 0 fully saturated rings. The van der Waals surface area contributed by atoms with Crippen molar-refractivity contribution in [2.75, 3.05) is 20.1 Å². The minimum absolute atomic E-state index is 0. The molecule has 0 spiro atoms. The Labute approximate surface area is 211 Å². The summed E-state index contributed by atoms with van der Waals surface area (Å²) in [6, 6.07) is 11.9. The van der Waals surface area contributed by atoms with E-state index in [1.165, 1.54) is 21.6 Å². The number of aryl methyl sites for hydroxylation is 1. The van der Waals surface area contributed by atoms with Crippen LogP contribution in [0.25, 0.3) is 33.5 Å². The van der Waals surface area contributed by atoms with E-state index in [0.717, 1.165) is 53.1 Å². The Morgan fingerprint density at radius 1 is 1.20 bits per heavy atom. The third-order valence-corrected chi connectivity index (χ3v) is 6.44. The van der Waals surface area contributed by atoms with Gasteiger partial charge in [0.1, 0.15) is 5.52 Å². The van der Waals surface area contributed by atoms with Crippen LogP contribution in [0.15, 0.2) is 48.8 Å². The Hall–Kier alpha value is -3.26. The molecule has 7 nitrogen and oxygen atoms in total. The third kappa shape index (κ3) is 4.93. The zero-order chi connectivity index (χ0) is 23.8. The molecule has 4 aromatic rings. The Kier molecular flexibility index (Phi) is 7.21. The minimum Gasteiger partial charge on any atom is -0.392 e. The molecule has 0 bridgehead atoms. The molecule has 8 heteroatoms. The van der Waals surface area contributed by atoms with Gasteiger partial charge in [-0.25, -0.2) is 9.97 Å². The summed E-state index contributed by atoms with van der Waals surface area (Å²) >= 11 is 0. The second-order valence-corrected chi connectivity index (χ2v) is 9.12. The fourth-order valence-electron chi connectivity index (χ4n) is 4.69. The molecule has 0 saturated heterocycles. The van der Waals surface area contributed by atoms with Crippen molar-refractivity contribution in [3.63, 3.8) is 0 Å². The van der Waals surface area contributed by atoms with E-state index in [4.69, 9.17) is 4.98 Å². The topological polar surface area (TPSA) is 94.1 Å². The highest BCUT2D eigenvalue weighted by atomic mass is 35.5. The van der Waals surface area contributed by atoms with Crippen molar-refractivity contribution in [2.24, 2.45) is 0 Å². The number of benzene rings is 2. The van der Waals surface area contributed by atoms with Gasteiger partial charge in [-0.05, 0) is 73.3 Å². The van der Waals surface area contributed by atoms with Gasteiger partial charge in [0.2, 0.25) is 0 Å². The number of aliphatic hydroxyl groups is 1. The SMILES string of the molecule is Cc1cc(-c2cnc3[nH]cc(-c4ccc(C(=O)N(C)C[C@H](C)O)cc4)c3n2)cc2c1CNCC2.Cl. The largest absolute Gasteiger partial charge is 0.392 e. The average molecular weight is 492 g/mol. The lowest BCUT2D eigenvalue weighted by Gasteiger charge is -2.20. The van der Waals surface area contributed by atoms with E-state index in [0.29, 0.717) is 12.1 Å². The average Bonchev–Trinajstić information content (AvgIpc) is 3.26. The number of hydrogen-bond acceptors (Lipinski definition) is 5. The number of fused-ring (bicyclic) bond motifs is 2. The van der Waals surface area contributed by atoms with Crippen LogP contribution in [0.4, 0.5) is 0 Å². The first kappa shape index (κ1) is 24.9. The summed E-state index contributed by atoms with van der Waals surface area (Å²) in [7, 11) is 1.69. The Morgan fingerprint density at radius 3 is 2.71 bits per heavy atom. The zero-order valence-corrected chi connectivity index (χ0v) is 20.9. The summed E-state index contributed by atoms with van der Waals surface area (Å²) in [5.74, 6) is -0.119. The number of hydrogen-bond donors (Lipinski definition) is 3. The molecule has 1 atom stereocenters. The second-order valence-electron chi connectivity index (χ2n) is 9.12. The maximum Gasteiger partial charge on any atom is 0.253 e. The fraction of sp³-hybridized carbons (Fsp3) is 0.296. The van der Waals surface area contributed by atoms with E-state index < -0.39 is 6.10 Å². The summed E-state index contributed by atoms with van der Waals surface area (Å²) in [6.45, 7) is 6.03. The number of likely N-dealkylation sites (N-methyl/N-ethyl adjacent to an activating group) is 1. The van der Waals surface area contributed by atoms with Crippen molar-refractivity contribution >= 4 is 29.5 Å². The number of nitrogens with one attached hydrogen (secondary N) is 2. The zero-order valence-electron chi connectivity index (χ0n) is 20.1. The third-order valence-electron chi connectivity index (χ3n) is 6.44. The van der Waals surface area contributed by atoms with Crippen LogP contribution in [-0.2, 0) is 13.0 Å². The van der Waals surface area contributed by atoms with Crippen molar-refractivity contribution < 1.29 is 9.90 Å². The van der Waals surface area contributed by atoms with E-state index in [1.54, 1.807) is 14.0 Å². The highest BCUT2D eigenvalue weighted by Gasteiger charge is 2.17. The molecule has 1 amide bonds. The van der Waals surface area contributed by atoms with Gasteiger partial charge in [-0.3, -0.25) is 4.79 Å². The van der Waals surface area contributed by atoms with E-state index in [2.05, 4.69) is 34.3 Å². The van der Waals surface area contributed by atoms with Gasteiger partial charge in [0, 0.05) is 43.0 Å². The van der Waals surface area contributed by atoms with Crippen molar-refractivity contribution in [1.29, 1.82) is 0 Å². The molecule has 1 aliphatic heterocycles. The summed E-state index contributed by atoms with van der Waals surface area (Å²) < 4.78 is 0. The number of aromatic nitrogens is 3. The highest BCUT2D eigenvalue weighted by molar-refractivity contribution is 5.96. The van der Waals surface area contributed by atoms with E-state index in [-0.39, 0.29) is 18.3 Å². The van der Waals surface area contributed by atoms with Crippen LogP contribution in [0.5, 0.6) is 0 Å². The Balaban J connectivity index is 0.00000289. The summed E-state index contributed by atoms with van der Waals surface area (Å²) in [5, 5.41) is 13.0. The lowest BCUT2D eigenvalue weighted by Crippen LogP contribution is -2.32. The van der Waals surface area contributed by atoms with Gasteiger partial charge in [0.25, 0.3) is 5.91 Å². The van der Waals surface area contributed by atoms with Crippen LogP contribution in [0.3, 0.4) is 0 Å². The molecule has 2 aromatic carbocycles. The number of carbonyl (C=O) groups excluding carboxylic acids is 1. The molecule has 0 saturated carbocycles.